The Labute approximate surface area is 175 Å². The highest BCUT2D eigenvalue weighted by molar-refractivity contribution is 7.19. The first-order valence-corrected chi connectivity index (χ1v) is 12.1. The van der Waals surface area contributed by atoms with Crippen LogP contribution in [0.2, 0.25) is 0 Å². The van der Waals surface area contributed by atoms with Crippen LogP contribution in [0, 0.1) is 5.92 Å². The Bertz CT molecular complexity index is 835. The fraction of sp³-hybridized carbons (Fsp3) is 0.619. The van der Waals surface area contributed by atoms with E-state index >= 15 is 0 Å². The minimum atomic E-state index is -0.0400. The van der Waals surface area contributed by atoms with Gasteiger partial charge < -0.3 is 14.7 Å². The van der Waals surface area contributed by atoms with E-state index in [0.29, 0.717) is 11.9 Å². The molecule has 5 nitrogen and oxygen atoms in total. The number of hydrogen-bond donors (Lipinski definition) is 0. The molecule has 150 valence electrons. The van der Waals surface area contributed by atoms with Crippen LogP contribution in [0.4, 0.5) is 5.00 Å². The molecule has 1 saturated heterocycles. The first-order valence-electron chi connectivity index (χ1n) is 10.3. The second-order valence-electron chi connectivity index (χ2n) is 8.62. The molecule has 2 aromatic rings. The van der Waals surface area contributed by atoms with Crippen molar-refractivity contribution < 1.29 is 4.79 Å². The zero-order valence-corrected chi connectivity index (χ0v) is 18.3. The Morgan fingerprint density at radius 3 is 2.68 bits per heavy atom. The maximum Gasteiger partial charge on any atom is 0.245 e. The summed E-state index contributed by atoms with van der Waals surface area (Å²) in [5.41, 5.74) is 2.35. The average Bonchev–Trinajstić information content (AvgIpc) is 3.09. The van der Waals surface area contributed by atoms with Crippen LogP contribution in [0.3, 0.4) is 0 Å². The average molecular weight is 417 g/mol. The van der Waals surface area contributed by atoms with Gasteiger partial charge in [0.2, 0.25) is 5.91 Å². The number of carbonyl (C=O) groups is 1. The molecule has 2 aliphatic heterocycles. The topological polar surface area (TPSA) is 39.7 Å². The van der Waals surface area contributed by atoms with Gasteiger partial charge in [0.15, 0.2) is 0 Å². The molecule has 0 spiro atoms. The molecular formula is C21H28N4OS2. The SMILES string of the molecule is CN(C)C1CCN(C(=O)C2Cc3nc(-c4ccsc4)sc3N2CC2CC2)CC1. The number of fused-ring (bicyclic) bond motifs is 1. The minimum Gasteiger partial charge on any atom is -0.349 e. The van der Waals surface area contributed by atoms with Crippen molar-refractivity contribution in [1.82, 2.24) is 14.8 Å². The third kappa shape index (κ3) is 3.48. The molecule has 1 amide bonds. The summed E-state index contributed by atoms with van der Waals surface area (Å²) in [7, 11) is 4.29. The lowest BCUT2D eigenvalue weighted by atomic mass is 10.0. The quantitative estimate of drug-likeness (QED) is 0.747. The van der Waals surface area contributed by atoms with Crippen molar-refractivity contribution in [2.24, 2.45) is 5.92 Å². The third-order valence-electron chi connectivity index (χ3n) is 6.41. The zero-order valence-electron chi connectivity index (χ0n) is 16.6. The van der Waals surface area contributed by atoms with Gasteiger partial charge in [0.05, 0.1) is 5.69 Å². The number of likely N-dealkylation sites (tertiary alicyclic amines) is 1. The van der Waals surface area contributed by atoms with E-state index in [1.165, 1.54) is 23.4 Å². The summed E-state index contributed by atoms with van der Waals surface area (Å²) in [4.78, 5) is 25.2. The van der Waals surface area contributed by atoms with Crippen LogP contribution < -0.4 is 4.90 Å². The third-order valence-corrected chi connectivity index (χ3v) is 8.28. The fourth-order valence-electron chi connectivity index (χ4n) is 4.47. The van der Waals surface area contributed by atoms with Crippen molar-refractivity contribution in [3.8, 4) is 10.6 Å². The van der Waals surface area contributed by atoms with Crippen LogP contribution in [0.5, 0.6) is 0 Å². The molecular weight excluding hydrogens is 388 g/mol. The van der Waals surface area contributed by atoms with Crippen molar-refractivity contribution in [2.45, 2.75) is 44.2 Å². The van der Waals surface area contributed by atoms with Gasteiger partial charge in [0.25, 0.3) is 0 Å². The monoisotopic (exact) mass is 416 g/mol. The van der Waals surface area contributed by atoms with Gasteiger partial charge in [-0.25, -0.2) is 4.98 Å². The second-order valence-corrected chi connectivity index (χ2v) is 10.4. The largest absolute Gasteiger partial charge is 0.349 e. The summed E-state index contributed by atoms with van der Waals surface area (Å²) in [5.74, 6) is 1.08. The van der Waals surface area contributed by atoms with Gasteiger partial charge in [0, 0.05) is 43.0 Å². The van der Waals surface area contributed by atoms with E-state index in [-0.39, 0.29) is 6.04 Å². The smallest absolute Gasteiger partial charge is 0.245 e. The second kappa shape index (κ2) is 7.43. The highest BCUT2D eigenvalue weighted by Crippen LogP contribution is 2.44. The molecule has 7 heteroatoms. The maximum absolute atomic E-state index is 13.4. The standard InChI is InChI=1S/C21H28N4OS2/c1-23(2)16-5-8-24(9-6-16)20(26)18-11-17-21(25(18)12-14-3-4-14)28-19(22-17)15-7-10-27-13-15/h7,10,13-14,16,18H,3-6,8-9,11-12H2,1-2H3. The Kier molecular flexibility index (Phi) is 4.93. The molecule has 2 aromatic heterocycles. The van der Waals surface area contributed by atoms with Crippen LogP contribution in [0.15, 0.2) is 16.8 Å². The van der Waals surface area contributed by atoms with Gasteiger partial charge in [-0.15, -0.1) is 0 Å². The van der Waals surface area contributed by atoms with Crippen molar-refractivity contribution in [1.29, 1.82) is 0 Å². The maximum atomic E-state index is 13.4. The predicted molar refractivity (Wildman–Crippen MR) is 116 cm³/mol. The molecule has 28 heavy (non-hydrogen) atoms. The van der Waals surface area contributed by atoms with Crippen LogP contribution in [-0.4, -0.2) is 66.5 Å². The minimum absolute atomic E-state index is 0.0400. The molecule has 5 rings (SSSR count). The normalized spacial score (nSPS) is 22.9. The van der Waals surface area contributed by atoms with Crippen LogP contribution in [0.25, 0.3) is 10.6 Å². The number of thiazole rings is 1. The lowest BCUT2D eigenvalue weighted by Crippen LogP contribution is -2.52. The number of amides is 1. The van der Waals surface area contributed by atoms with E-state index < -0.39 is 0 Å². The van der Waals surface area contributed by atoms with E-state index in [4.69, 9.17) is 4.98 Å². The summed E-state index contributed by atoms with van der Waals surface area (Å²) in [6.07, 6.45) is 5.54. The van der Waals surface area contributed by atoms with E-state index in [0.717, 1.165) is 55.5 Å². The molecule has 0 aromatic carbocycles. The number of anilines is 1. The van der Waals surface area contributed by atoms with E-state index in [2.05, 4.69) is 45.6 Å². The van der Waals surface area contributed by atoms with Gasteiger partial charge in [-0.1, -0.05) is 11.3 Å². The highest BCUT2D eigenvalue weighted by Gasteiger charge is 2.42. The summed E-state index contributed by atoms with van der Waals surface area (Å²) in [5, 5.41) is 6.61. The Morgan fingerprint density at radius 2 is 2.04 bits per heavy atom. The van der Waals surface area contributed by atoms with E-state index in [1.807, 2.05) is 0 Å². The molecule has 1 saturated carbocycles. The summed E-state index contributed by atoms with van der Waals surface area (Å²) in [6, 6.07) is 2.70. The molecule has 3 aliphatic rings. The van der Waals surface area contributed by atoms with Crippen LogP contribution in [0.1, 0.15) is 31.4 Å². The van der Waals surface area contributed by atoms with Crippen molar-refractivity contribution in [3.05, 3.63) is 22.5 Å². The molecule has 2 fully saturated rings. The molecule has 0 N–H and O–H groups in total. The number of rotatable bonds is 5. The summed E-state index contributed by atoms with van der Waals surface area (Å²) >= 11 is 3.49. The van der Waals surface area contributed by atoms with Crippen LogP contribution >= 0.6 is 22.7 Å². The van der Waals surface area contributed by atoms with Gasteiger partial charge in [-0.05, 0) is 57.1 Å². The van der Waals surface area contributed by atoms with Crippen LogP contribution in [-0.2, 0) is 11.2 Å². The molecule has 0 bridgehead atoms. The predicted octanol–water partition coefficient (Wildman–Crippen LogP) is 3.57. The first kappa shape index (κ1) is 18.6. The van der Waals surface area contributed by atoms with E-state index in [1.54, 1.807) is 22.7 Å². The molecule has 1 atom stereocenters. The van der Waals surface area contributed by atoms with Crippen molar-refractivity contribution in [2.75, 3.05) is 38.6 Å². The van der Waals surface area contributed by atoms with Gasteiger partial charge in [-0.2, -0.15) is 11.3 Å². The van der Waals surface area contributed by atoms with Gasteiger partial charge in [0.1, 0.15) is 16.1 Å². The molecule has 4 heterocycles. The Morgan fingerprint density at radius 1 is 1.25 bits per heavy atom. The van der Waals surface area contributed by atoms with Gasteiger partial charge in [-0.3, -0.25) is 4.79 Å². The fourth-order valence-corrected chi connectivity index (χ4v) is 6.33. The Hall–Kier alpha value is -1.44. The number of nitrogens with zero attached hydrogens (tertiary/aromatic N) is 4. The number of thiophene rings is 1. The molecule has 0 radical (unpaired) electrons. The highest BCUT2D eigenvalue weighted by atomic mass is 32.1. The Balaban J connectivity index is 1.34. The van der Waals surface area contributed by atoms with Crippen molar-refractivity contribution >= 4 is 33.6 Å². The number of carbonyl (C=O) groups excluding carboxylic acids is 1. The molecule has 1 aliphatic carbocycles. The number of aromatic nitrogens is 1. The zero-order chi connectivity index (χ0) is 19.3. The summed E-state index contributed by atoms with van der Waals surface area (Å²) < 4.78 is 0. The van der Waals surface area contributed by atoms with E-state index in [9.17, 15) is 4.79 Å². The lowest BCUT2D eigenvalue weighted by molar-refractivity contribution is -0.134. The van der Waals surface area contributed by atoms with Crippen molar-refractivity contribution in [3.63, 3.8) is 0 Å². The lowest BCUT2D eigenvalue weighted by Gasteiger charge is -2.38. The summed E-state index contributed by atoms with van der Waals surface area (Å²) in [6.45, 7) is 2.79. The van der Waals surface area contributed by atoms with Gasteiger partial charge >= 0.3 is 0 Å². The number of piperidine rings is 1. The molecule has 1 unspecified atom stereocenters. The number of hydrogen-bond acceptors (Lipinski definition) is 6. The first-order chi connectivity index (χ1) is 13.6.